The van der Waals surface area contributed by atoms with E-state index in [0.29, 0.717) is 0 Å². The van der Waals surface area contributed by atoms with Gasteiger partial charge < -0.3 is 4.98 Å². The van der Waals surface area contributed by atoms with Gasteiger partial charge >= 0.3 is 0 Å². The minimum atomic E-state index is 0.784. The lowest BCUT2D eigenvalue weighted by molar-refractivity contribution is 0.899. The van der Waals surface area contributed by atoms with Gasteiger partial charge in [0.2, 0.25) is 0 Å². The second kappa shape index (κ2) is 2.16. The van der Waals surface area contributed by atoms with Crippen LogP contribution in [0.1, 0.15) is 17.7 Å². The van der Waals surface area contributed by atoms with Gasteiger partial charge in [0, 0.05) is 11.3 Å². The van der Waals surface area contributed by atoms with E-state index >= 15 is 0 Å². The average molecular weight is 152 g/mol. The number of aromatic amines is 1. The average Bonchev–Trinajstić information content (AvgIpc) is 2.36. The van der Waals surface area contributed by atoms with Gasteiger partial charge in [-0.25, -0.2) is 4.98 Å². The lowest BCUT2D eigenvalue weighted by Crippen LogP contribution is -1.89. The maximum Gasteiger partial charge on any atom is 0.132 e. The van der Waals surface area contributed by atoms with E-state index in [2.05, 4.69) is 9.97 Å². The molecule has 0 radical (unpaired) electrons. The Bertz CT molecular complexity index is 303. The third-order valence-corrected chi connectivity index (χ3v) is 2.25. The molecular weight excluding hydrogens is 144 g/mol. The fourth-order valence-electron chi connectivity index (χ4n) is 1.39. The molecule has 0 aliphatic heterocycles. The Kier molecular flexibility index (Phi) is 1.31. The van der Waals surface area contributed by atoms with E-state index in [1.165, 1.54) is 17.7 Å². The van der Waals surface area contributed by atoms with Crippen molar-refractivity contribution in [2.75, 3.05) is 0 Å². The molecule has 2 rings (SSSR count). The predicted molar refractivity (Wildman–Crippen MR) is 41.4 cm³/mol. The van der Waals surface area contributed by atoms with E-state index in [1.54, 1.807) is 6.33 Å². The summed E-state index contributed by atoms with van der Waals surface area (Å²) in [6.45, 7) is 0. The van der Waals surface area contributed by atoms with Gasteiger partial charge in [-0.1, -0.05) is 12.2 Å². The highest BCUT2D eigenvalue weighted by atomic mass is 32.1. The van der Waals surface area contributed by atoms with Crippen LogP contribution in [-0.2, 0) is 12.8 Å². The summed E-state index contributed by atoms with van der Waals surface area (Å²) in [5, 5.41) is 0. The fraction of sp³-hybridized carbons (Fsp3) is 0.429. The molecule has 0 fully saturated rings. The van der Waals surface area contributed by atoms with E-state index in [9.17, 15) is 0 Å². The van der Waals surface area contributed by atoms with Gasteiger partial charge in [-0.2, -0.15) is 0 Å². The standard InChI is InChI=1S/C7H8N2S/c10-7-5-2-1-3-6(5)8-4-9-7/h4H,1-3H2,(H,8,9,10). The van der Waals surface area contributed by atoms with Crippen LogP contribution in [0, 0.1) is 4.64 Å². The van der Waals surface area contributed by atoms with Crippen molar-refractivity contribution in [3.05, 3.63) is 22.2 Å². The number of aromatic nitrogens is 2. The highest BCUT2D eigenvalue weighted by molar-refractivity contribution is 7.71. The zero-order valence-corrected chi connectivity index (χ0v) is 6.37. The van der Waals surface area contributed by atoms with Gasteiger partial charge in [-0.05, 0) is 19.3 Å². The first kappa shape index (κ1) is 6.04. The Labute approximate surface area is 64.3 Å². The summed E-state index contributed by atoms with van der Waals surface area (Å²) in [6.07, 6.45) is 5.16. The van der Waals surface area contributed by atoms with Crippen LogP contribution in [-0.4, -0.2) is 9.97 Å². The van der Waals surface area contributed by atoms with Crippen LogP contribution in [0.3, 0.4) is 0 Å². The van der Waals surface area contributed by atoms with Crippen LogP contribution >= 0.6 is 12.2 Å². The van der Waals surface area contributed by atoms with E-state index in [-0.39, 0.29) is 0 Å². The Hall–Kier alpha value is -0.700. The molecule has 0 saturated carbocycles. The number of nitrogens with one attached hydrogen (secondary N) is 1. The molecule has 1 aromatic rings. The fourth-order valence-corrected chi connectivity index (χ4v) is 1.66. The molecular formula is C7H8N2S. The van der Waals surface area contributed by atoms with Gasteiger partial charge in [0.25, 0.3) is 0 Å². The van der Waals surface area contributed by atoms with Crippen molar-refractivity contribution in [2.24, 2.45) is 0 Å². The molecule has 1 aliphatic carbocycles. The Balaban J connectivity index is 2.70. The van der Waals surface area contributed by atoms with Crippen molar-refractivity contribution in [1.29, 1.82) is 0 Å². The van der Waals surface area contributed by atoms with Crippen molar-refractivity contribution in [3.8, 4) is 0 Å². The van der Waals surface area contributed by atoms with E-state index in [4.69, 9.17) is 12.2 Å². The van der Waals surface area contributed by atoms with E-state index in [0.717, 1.165) is 17.5 Å². The van der Waals surface area contributed by atoms with Gasteiger partial charge in [-0.3, -0.25) is 0 Å². The molecule has 52 valence electrons. The largest absolute Gasteiger partial charge is 0.349 e. The first-order chi connectivity index (χ1) is 4.88. The van der Waals surface area contributed by atoms with Crippen LogP contribution < -0.4 is 0 Å². The Morgan fingerprint density at radius 3 is 3.20 bits per heavy atom. The molecule has 1 aliphatic rings. The monoisotopic (exact) mass is 152 g/mol. The van der Waals surface area contributed by atoms with Crippen molar-refractivity contribution >= 4 is 12.2 Å². The number of aryl methyl sites for hydroxylation is 1. The third-order valence-electron chi connectivity index (χ3n) is 1.90. The highest BCUT2D eigenvalue weighted by Crippen LogP contribution is 2.18. The Morgan fingerprint density at radius 2 is 2.40 bits per heavy atom. The quantitative estimate of drug-likeness (QED) is 0.572. The maximum absolute atomic E-state index is 5.05. The van der Waals surface area contributed by atoms with Gasteiger partial charge in [0.1, 0.15) is 4.64 Å². The summed E-state index contributed by atoms with van der Waals surface area (Å²) in [5.41, 5.74) is 2.55. The molecule has 3 heteroatoms. The lowest BCUT2D eigenvalue weighted by Gasteiger charge is -1.94. The van der Waals surface area contributed by atoms with E-state index in [1.807, 2.05) is 0 Å². The van der Waals surface area contributed by atoms with Crippen LogP contribution in [0.2, 0.25) is 0 Å². The van der Waals surface area contributed by atoms with Crippen LogP contribution in [0.5, 0.6) is 0 Å². The van der Waals surface area contributed by atoms with Crippen molar-refractivity contribution in [1.82, 2.24) is 9.97 Å². The molecule has 0 atom stereocenters. The number of nitrogens with zero attached hydrogens (tertiary/aromatic N) is 1. The summed E-state index contributed by atoms with van der Waals surface area (Å²) >= 11 is 5.05. The molecule has 0 unspecified atom stereocenters. The molecule has 1 heterocycles. The molecule has 1 N–H and O–H groups in total. The highest BCUT2D eigenvalue weighted by Gasteiger charge is 2.11. The zero-order chi connectivity index (χ0) is 6.97. The normalized spacial score (nSPS) is 15.2. The molecule has 0 amide bonds. The number of rotatable bonds is 0. The van der Waals surface area contributed by atoms with E-state index < -0.39 is 0 Å². The first-order valence-electron chi connectivity index (χ1n) is 3.43. The van der Waals surface area contributed by atoms with Crippen molar-refractivity contribution < 1.29 is 0 Å². The molecule has 0 saturated heterocycles. The number of H-pyrrole nitrogens is 1. The second-order valence-corrected chi connectivity index (χ2v) is 2.91. The summed E-state index contributed by atoms with van der Waals surface area (Å²) in [7, 11) is 0. The molecule has 0 spiro atoms. The Morgan fingerprint density at radius 1 is 1.50 bits per heavy atom. The van der Waals surface area contributed by atoms with Crippen molar-refractivity contribution in [2.45, 2.75) is 19.3 Å². The lowest BCUT2D eigenvalue weighted by atomic mass is 10.3. The number of fused-ring (bicyclic) bond motifs is 1. The SMILES string of the molecule is S=c1nc[nH]c2c1CCC2. The zero-order valence-electron chi connectivity index (χ0n) is 5.55. The molecule has 0 aromatic carbocycles. The minimum absolute atomic E-state index is 0.784. The second-order valence-electron chi connectivity index (χ2n) is 2.52. The molecule has 2 nitrogen and oxygen atoms in total. The van der Waals surface area contributed by atoms with Gasteiger partial charge in [0.15, 0.2) is 0 Å². The number of hydrogen-bond donors (Lipinski definition) is 1. The van der Waals surface area contributed by atoms with Gasteiger partial charge in [0.05, 0.1) is 6.33 Å². The van der Waals surface area contributed by atoms with Crippen LogP contribution in [0.15, 0.2) is 6.33 Å². The topological polar surface area (TPSA) is 28.7 Å². The molecule has 1 aromatic heterocycles. The molecule has 0 bridgehead atoms. The molecule has 10 heavy (non-hydrogen) atoms. The summed E-state index contributed by atoms with van der Waals surface area (Å²) < 4.78 is 0.784. The number of hydrogen-bond acceptors (Lipinski definition) is 2. The summed E-state index contributed by atoms with van der Waals surface area (Å²) in [5.74, 6) is 0. The smallest absolute Gasteiger partial charge is 0.132 e. The summed E-state index contributed by atoms with van der Waals surface area (Å²) in [6, 6.07) is 0. The third kappa shape index (κ3) is 0.778. The first-order valence-corrected chi connectivity index (χ1v) is 3.84. The summed E-state index contributed by atoms with van der Waals surface area (Å²) in [4.78, 5) is 7.12. The van der Waals surface area contributed by atoms with Crippen molar-refractivity contribution in [3.63, 3.8) is 0 Å². The maximum atomic E-state index is 5.05. The predicted octanol–water partition coefficient (Wildman–Crippen LogP) is 1.63. The van der Waals surface area contributed by atoms with Gasteiger partial charge in [-0.15, -0.1) is 0 Å². The van der Waals surface area contributed by atoms with Crippen LogP contribution in [0.25, 0.3) is 0 Å². The van der Waals surface area contributed by atoms with Crippen LogP contribution in [0.4, 0.5) is 0 Å². The minimum Gasteiger partial charge on any atom is -0.349 e.